The Morgan fingerprint density at radius 2 is 1.88 bits per heavy atom. The number of aromatic nitrogens is 2. The van der Waals surface area contributed by atoms with E-state index in [1.165, 1.54) is 4.68 Å². The predicted molar refractivity (Wildman–Crippen MR) is 92.1 cm³/mol. The Morgan fingerprint density at radius 1 is 1.23 bits per heavy atom. The fourth-order valence-corrected chi connectivity index (χ4v) is 3.37. The van der Waals surface area contributed by atoms with Crippen molar-refractivity contribution < 1.29 is 18.0 Å². The first-order chi connectivity index (χ1) is 12.3. The molecule has 3 rings (SSSR count). The van der Waals surface area contributed by atoms with Crippen LogP contribution in [-0.4, -0.2) is 15.7 Å². The van der Waals surface area contributed by atoms with Gasteiger partial charge in [-0.1, -0.05) is 19.1 Å². The fraction of sp³-hybridized carbons (Fsp3) is 0.474. The van der Waals surface area contributed by atoms with Crippen molar-refractivity contribution in [3.05, 3.63) is 46.8 Å². The first-order valence-electron chi connectivity index (χ1n) is 8.89. The van der Waals surface area contributed by atoms with Gasteiger partial charge in [0.15, 0.2) is 5.69 Å². The summed E-state index contributed by atoms with van der Waals surface area (Å²) >= 11 is 0. The van der Waals surface area contributed by atoms with E-state index in [2.05, 4.69) is 10.4 Å². The summed E-state index contributed by atoms with van der Waals surface area (Å²) in [7, 11) is 0. The summed E-state index contributed by atoms with van der Waals surface area (Å²) in [6.07, 6.45) is -1.39. The van der Waals surface area contributed by atoms with Gasteiger partial charge in [-0.15, -0.1) is 0 Å². The molecular weight excluding hydrogens is 343 g/mol. The van der Waals surface area contributed by atoms with E-state index in [1.807, 2.05) is 19.1 Å². The van der Waals surface area contributed by atoms with Crippen molar-refractivity contribution in [1.29, 1.82) is 0 Å². The zero-order valence-electron chi connectivity index (χ0n) is 14.9. The van der Waals surface area contributed by atoms with Crippen molar-refractivity contribution >= 4 is 5.91 Å². The molecule has 1 atom stereocenters. The molecule has 2 aromatic rings. The predicted octanol–water partition coefficient (Wildman–Crippen LogP) is 4.36. The third kappa shape index (κ3) is 3.61. The highest BCUT2D eigenvalue weighted by Crippen LogP contribution is 2.36. The van der Waals surface area contributed by atoms with Gasteiger partial charge in [0.25, 0.3) is 0 Å². The molecule has 1 N–H and O–H groups in total. The molecule has 4 nitrogen and oxygen atoms in total. The molecule has 0 fully saturated rings. The summed E-state index contributed by atoms with van der Waals surface area (Å²) < 4.78 is 41.4. The van der Waals surface area contributed by atoms with Crippen LogP contribution in [0.5, 0.6) is 0 Å². The van der Waals surface area contributed by atoms with Gasteiger partial charge in [0.1, 0.15) is 0 Å². The maximum Gasteiger partial charge on any atom is 0.435 e. The van der Waals surface area contributed by atoms with Gasteiger partial charge in [-0.3, -0.25) is 4.79 Å². The van der Waals surface area contributed by atoms with Crippen LogP contribution in [-0.2, 0) is 23.8 Å². The molecule has 0 saturated carbocycles. The van der Waals surface area contributed by atoms with E-state index in [0.29, 0.717) is 36.2 Å². The molecule has 0 radical (unpaired) electrons. The number of nitrogens with zero attached hydrogens (tertiary/aromatic N) is 2. The average Bonchev–Trinajstić information content (AvgIpc) is 3.01. The molecule has 0 spiro atoms. The normalized spacial score (nSPS) is 15.4. The number of hydrogen-bond donors (Lipinski definition) is 1. The quantitative estimate of drug-likeness (QED) is 0.875. The van der Waals surface area contributed by atoms with Crippen LogP contribution in [0.3, 0.4) is 0 Å². The number of rotatable bonds is 4. The van der Waals surface area contributed by atoms with E-state index < -0.39 is 11.9 Å². The van der Waals surface area contributed by atoms with Gasteiger partial charge < -0.3 is 5.32 Å². The summed E-state index contributed by atoms with van der Waals surface area (Å²) in [6, 6.07) is 6.99. The van der Waals surface area contributed by atoms with Crippen LogP contribution in [0.1, 0.15) is 61.7 Å². The van der Waals surface area contributed by atoms with E-state index in [1.54, 1.807) is 19.1 Å². The summed E-state index contributed by atoms with van der Waals surface area (Å²) in [5.41, 5.74) is 1.73. The van der Waals surface area contributed by atoms with E-state index in [9.17, 15) is 18.0 Å². The minimum absolute atomic E-state index is 0.0439. The van der Waals surface area contributed by atoms with Crippen LogP contribution in [0.15, 0.2) is 24.3 Å². The van der Waals surface area contributed by atoms with Gasteiger partial charge in [-0.2, -0.15) is 18.3 Å². The number of halogens is 3. The molecule has 1 aliphatic rings. The van der Waals surface area contributed by atoms with Gasteiger partial charge >= 0.3 is 6.18 Å². The highest BCUT2D eigenvalue weighted by Gasteiger charge is 2.39. The number of carbonyl (C=O) groups is 1. The fourth-order valence-electron chi connectivity index (χ4n) is 3.37. The SMILES string of the molecule is CCC(=O)NC(C)c1ccc(-n2nc(C(F)(F)F)c3c2CCCC3)cc1. The molecule has 1 heterocycles. The van der Waals surface area contributed by atoms with Crippen LogP contribution in [0.25, 0.3) is 5.69 Å². The highest BCUT2D eigenvalue weighted by atomic mass is 19.4. The van der Waals surface area contributed by atoms with Crippen LogP contribution in [0.2, 0.25) is 0 Å². The van der Waals surface area contributed by atoms with E-state index in [-0.39, 0.29) is 11.9 Å². The molecule has 1 aromatic heterocycles. The molecule has 1 aliphatic carbocycles. The van der Waals surface area contributed by atoms with E-state index in [0.717, 1.165) is 18.4 Å². The topological polar surface area (TPSA) is 46.9 Å². The first-order valence-corrected chi connectivity index (χ1v) is 8.89. The van der Waals surface area contributed by atoms with Crippen molar-refractivity contribution in [2.24, 2.45) is 0 Å². The minimum Gasteiger partial charge on any atom is -0.350 e. The summed E-state index contributed by atoms with van der Waals surface area (Å²) in [4.78, 5) is 11.5. The Labute approximate surface area is 150 Å². The molecule has 26 heavy (non-hydrogen) atoms. The second-order valence-corrected chi connectivity index (χ2v) is 6.62. The van der Waals surface area contributed by atoms with Crippen LogP contribution < -0.4 is 5.32 Å². The van der Waals surface area contributed by atoms with Crippen molar-refractivity contribution in [2.45, 2.75) is 58.2 Å². The Kier molecular flexibility index (Phi) is 5.07. The number of nitrogens with one attached hydrogen (secondary N) is 1. The van der Waals surface area contributed by atoms with Crippen molar-refractivity contribution in [3.63, 3.8) is 0 Å². The molecule has 0 bridgehead atoms. The third-order valence-corrected chi connectivity index (χ3v) is 4.78. The number of fused-ring (bicyclic) bond motifs is 1. The van der Waals surface area contributed by atoms with Crippen molar-refractivity contribution in [3.8, 4) is 5.69 Å². The van der Waals surface area contributed by atoms with Crippen LogP contribution in [0.4, 0.5) is 13.2 Å². The summed E-state index contributed by atoms with van der Waals surface area (Å²) in [5.74, 6) is -0.0439. The number of amides is 1. The summed E-state index contributed by atoms with van der Waals surface area (Å²) in [6.45, 7) is 3.66. The lowest BCUT2D eigenvalue weighted by atomic mass is 9.95. The monoisotopic (exact) mass is 365 g/mol. The van der Waals surface area contributed by atoms with Gasteiger partial charge in [0.05, 0.1) is 11.7 Å². The Balaban J connectivity index is 1.92. The first kappa shape index (κ1) is 18.5. The van der Waals surface area contributed by atoms with Gasteiger partial charge in [0, 0.05) is 17.7 Å². The number of carbonyl (C=O) groups excluding carboxylic acids is 1. The summed E-state index contributed by atoms with van der Waals surface area (Å²) in [5, 5.41) is 6.76. The lowest BCUT2D eigenvalue weighted by Crippen LogP contribution is -2.25. The maximum atomic E-state index is 13.3. The van der Waals surface area contributed by atoms with Crippen molar-refractivity contribution in [1.82, 2.24) is 15.1 Å². The molecule has 1 amide bonds. The number of benzene rings is 1. The molecule has 1 unspecified atom stereocenters. The second kappa shape index (κ2) is 7.13. The largest absolute Gasteiger partial charge is 0.435 e. The Bertz CT molecular complexity index is 794. The molecule has 0 aliphatic heterocycles. The Hall–Kier alpha value is -2.31. The lowest BCUT2D eigenvalue weighted by Gasteiger charge is -2.16. The molecule has 0 saturated heterocycles. The van der Waals surface area contributed by atoms with Crippen LogP contribution in [0, 0.1) is 0 Å². The zero-order valence-corrected chi connectivity index (χ0v) is 14.9. The van der Waals surface area contributed by atoms with Crippen molar-refractivity contribution in [2.75, 3.05) is 0 Å². The molecule has 1 aromatic carbocycles. The Morgan fingerprint density at radius 3 is 2.50 bits per heavy atom. The minimum atomic E-state index is -4.44. The lowest BCUT2D eigenvalue weighted by molar-refractivity contribution is -0.142. The maximum absolute atomic E-state index is 13.3. The van der Waals surface area contributed by atoms with Gasteiger partial charge in [0.2, 0.25) is 5.91 Å². The highest BCUT2D eigenvalue weighted by molar-refractivity contribution is 5.76. The number of hydrogen-bond acceptors (Lipinski definition) is 2. The van der Waals surface area contributed by atoms with E-state index in [4.69, 9.17) is 0 Å². The molecule has 140 valence electrons. The third-order valence-electron chi connectivity index (χ3n) is 4.78. The molecular formula is C19H22F3N3O. The van der Waals surface area contributed by atoms with Crippen LogP contribution >= 0.6 is 0 Å². The second-order valence-electron chi connectivity index (χ2n) is 6.62. The van der Waals surface area contributed by atoms with Gasteiger partial charge in [-0.25, -0.2) is 4.68 Å². The standard InChI is InChI=1S/C19H22F3N3O/c1-3-17(26)23-12(2)13-8-10-14(11-9-13)25-16-7-5-4-6-15(16)18(24-25)19(20,21)22/h8-12H,3-7H2,1-2H3,(H,23,26). The zero-order chi connectivity index (χ0) is 18.9. The van der Waals surface area contributed by atoms with E-state index >= 15 is 0 Å². The number of alkyl halides is 3. The average molecular weight is 365 g/mol. The smallest absolute Gasteiger partial charge is 0.350 e. The van der Waals surface area contributed by atoms with Gasteiger partial charge in [-0.05, 0) is 50.3 Å². The molecule has 7 heteroatoms.